The summed E-state index contributed by atoms with van der Waals surface area (Å²) >= 11 is 0. The smallest absolute Gasteiger partial charge is 0.154 e. The maximum atomic E-state index is 5.45. The molecule has 1 saturated heterocycles. The zero-order chi connectivity index (χ0) is 11.5. The predicted molar refractivity (Wildman–Crippen MR) is 66.5 cm³/mol. The summed E-state index contributed by atoms with van der Waals surface area (Å²) in [5.74, 6) is 0.962. The first-order chi connectivity index (χ1) is 8.43. The van der Waals surface area contributed by atoms with Gasteiger partial charge >= 0.3 is 0 Å². The van der Waals surface area contributed by atoms with E-state index >= 15 is 0 Å². The SMILES string of the molecule is c1ccc(-c2cc(C3CCCCN3)on2)cc1. The van der Waals surface area contributed by atoms with Crippen LogP contribution in [0.2, 0.25) is 0 Å². The minimum atomic E-state index is 0.341. The molecule has 1 aliphatic heterocycles. The second-order valence-corrected chi connectivity index (χ2v) is 4.48. The number of rotatable bonds is 2. The number of benzene rings is 1. The van der Waals surface area contributed by atoms with Gasteiger partial charge in [0.2, 0.25) is 0 Å². The molecule has 2 heterocycles. The van der Waals surface area contributed by atoms with Crippen LogP contribution in [0.1, 0.15) is 31.1 Å². The molecular weight excluding hydrogens is 212 g/mol. The number of piperidine rings is 1. The lowest BCUT2D eigenvalue weighted by atomic mass is 10.0. The third-order valence-electron chi connectivity index (χ3n) is 3.25. The monoisotopic (exact) mass is 228 g/mol. The molecule has 3 heteroatoms. The molecular formula is C14H16N2O. The Morgan fingerprint density at radius 3 is 2.82 bits per heavy atom. The van der Waals surface area contributed by atoms with Gasteiger partial charge in [0.15, 0.2) is 5.76 Å². The highest BCUT2D eigenvalue weighted by Crippen LogP contribution is 2.26. The number of hydrogen-bond acceptors (Lipinski definition) is 3. The molecule has 0 amide bonds. The Labute approximate surface area is 101 Å². The molecule has 0 aliphatic carbocycles. The van der Waals surface area contributed by atoms with Gasteiger partial charge in [0.05, 0.1) is 6.04 Å². The highest BCUT2D eigenvalue weighted by molar-refractivity contribution is 5.58. The molecule has 3 rings (SSSR count). The Bertz CT molecular complexity index is 472. The van der Waals surface area contributed by atoms with E-state index in [0.717, 1.165) is 30.0 Å². The number of aromatic nitrogens is 1. The van der Waals surface area contributed by atoms with Crippen molar-refractivity contribution in [1.29, 1.82) is 0 Å². The van der Waals surface area contributed by atoms with Crippen molar-refractivity contribution in [3.63, 3.8) is 0 Å². The van der Waals surface area contributed by atoms with Crippen LogP contribution in [0.3, 0.4) is 0 Å². The molecule has 88 valence electrons. The highest BCUT2D eigenvalue weighted by Gasteiger charge is 2.19. The first-order valence-corrected chi connectivity index (χ1v) is 6.19. The van der Waals surface area contributed by atoms with Crippen molar-refractivity contribution in [2.24, 2.45) is 0 Å². The zero-order valence-electron chi connectivity index (χ0n) is 9.73. The zero-order valence-corrected chi connectivity index (χ0v) is 9.73. The van der Waals surface area contributed by atoms with Crippen molar-refractivity contribution < 1.29 is 4.52 Å². The summed E-state index contributed by atoms with van der Waals surface area (Å²) < 4.78 is 5.45. The number of nitrogens with zero attached hydrogens (tertiary/aromatic N) is 1. The molecule has 0 spiro atoms. The van der Waals surface area contributed by atoms with Crippen LogP contribution in [0.15, 0.2) is 40.9 Å². The molecule has 3 nitrogen and oxygen atoms in total. The quantitative estimate of drug-likeness (QED) is 0.858. The van der Waals surface area contributed by atoms with Crippen molar-refractivity contribution in [2.45, 2.75) is 25.3 Å². The lowest BCUT2D eigenvalue weighted by Gasteiger charge is -2.20. The van der Waals surface area contributed by atoms with Gasteiger partial charge in [-0.05, 0) is 19.4 Å². The summed E-state index contributed by atoms with van der Waals surface area (Å²) in [6.07, 6.45) is 3.67. The van der Waals surface area contributed by atoms with E-state index in [1.165, 1.54) is 12.8 Å². The van der Waals surface area contributed by atoms with Crippen LogP contribution < -0.4 is 5.32 Å². The molecule has 1 aromatic heterocycles. The molecule has 1 atom stereocenters. The van der Waals surface area contributed by atoms with Gasteiger partial charge in [0, 0.05) is 11.6 Å². The van der Waals surface area contributed by atoms with Gasteiger partial charge in [-0.3, -0.25) is 0 Å². The molecule has 1 fully saturated rings. The Morgan fingerprint density at radius 2 is 2.06 bits per heavy atom. The minimum absolute atomic E-state index is 0.341. The van der Waals surface area contributed by atoms with Crippen molar-refractivity contribution in [1.82, 2.24) is 10.5 Å². The van der Waals surface area contributed by atoms with Crippen molar-refractivity contribution in [3.8, 4) is 11.3 Å². The van der Waals surface area contributed by atoms with Gasteiger partial charge in [-0.25, -0.2) is 0 Å². The summed E-state index contributed by atoms with van der Waals surface area (Å²) in [6, 6.07) is 12.5. The van der Waals surface area contributed by atoms with E-state index in [4.69, 9.17) is 4.52 Å². The molecule has 17 heavy (non-hydrogen) atoms. The summed E-state index contributed by atoms with van der Waals surface area (Å²) in [6.45, 7) is 1.08. The first-order valence-electron chi connectivity index (χ1n) is 6.19. The standard InChI is InChI=1S/C14H16N2O/c1-2-6-11(7-3-1)13-10-14(17-16-13)12-8-4-5-9-15-12/h1-3,6-7,10,12,15H,4-5,8-9H2. The van der Waals surface area contributed by atoms with E-state index in [9.17, 15) is 0 Å². The Kier molecular flexibility index (Phi) is 2.92. The second kappa shape index (κ2) is 4.72. The van der Waals surface area contributed by atoms with E-state index in [0.29, 0.717) is 6.04 Å². The predicted octanol–water partition coefficient (Wildman–Crippen LogP) is 3.16. The highest BCUT2D eigenvalue weighted by atomic mass is 16.5. The maximum absolute atomic E-state index is 5.45. The average Bonchev–Trinajstić information content (AvgIpc) is 2.90. The minimum Gasteiger partial charge on any atom is -0.359 e. The lowest BCUT2D eigenvalue weighted by molar-refractivity contribution is 0.305. The molecule has 1 aliphatic rings. The Balaban J connectivity index is 1.83. The van der Waals surface area contributed by atoms with Crippen LogP contribution in [0.5, 0.6) is 0 Å². The third kappa shape index (κ3) is 2.24. The van der Waals surface area contributed by atoms with Crippen LogP contribution >= 0.6 is 0 Å². The van der Waals surface area contributed by atoms with E-state index < -0.39 is 0 Å². The fourth-order valence-electron chi connectivity index (χ4n) is 2.29. The number of hydrogen-bond donors (Lipinski definition) is 1. The average molecular weight is 228 g/mol. The summed E-state index contributed by atoms with van der Waals surface area (Å²) in [7, 11) is 0. The van der Waals surface area contributed by atoms with Gasteiger partial charge in [0.25, 0.3) is 0 Å². The normalized spacial score (nSPS) is 20.4. The van der Waals surface area contributed by atoms with Gasteiger partial charge in [-0.2, -0.15) is 0 Å². The van der Waals surface area contributed by atoms with Gasteiger partial charge in [-0.15, -0.1) is 0 Å². The summed E-state index contributed by atoms with van der Waals surface area (Å²) in [5, 5.41) is 7.61. The molecule has 1 N–H and O–H groups in total. The van der Waals surface area contributed by atoms with Crippen LogP contribution in [-0.2, 0) is 0 Å². The second-order valence-electron chi connectivity index (χ2n) is 4.48. The fourth-order valence-corrected chi connectivity index (χ4v) is 2.29. The van der Waals surface area contributed by atoms with E-state index in [1.54, 1.807) is 0 Å². The van der Waals surface area contributed by atoms with Crippen LogP contribution in [0.4, 0.5) is 0 Å². The molecule has 0 saturated carbocycles. The largest absolute Gasteiger partial charge is 0.359 e. The fraction of sp³-hybridized carbons (Fsp3) is 0.357. The van der Waals surface area contributed by atoms with Crippen LogP contribution in [0, 0.1) is 0 Å². The topological polar surface area (TPSA) is 38.1 Å². The van der Waals surface area contributed by atoms with E-state index in [2.05, 4.69) is 28.7 Å². The van der Waals surface area contributed by atoms with Gasteiger partial charge in [0.1, 0.15) is 5.69 Å². The molecule has 0 radical (unpaired) electrons. The van der Waals surface area contributed by atoms with Crippen molar-refractivity contribution in [2.75, 3.05) is 6.54 Å². The Morgan fingerprint density at radius 1 is 1.18 bits per heavy atom. The van der Waals surface area contributed by atoms with Crippen LogP contribution in [0.25, 0.3) is 11.3 Å². The van der Waals surface area contributed by atoms with Crippen molar-refractivity contribution >= 4 is 0 Å². The number of nitrogens with one attached hydrogen (secondary N) is 1. The maximum Gasteiger partial charge on any atom is 0.154 e. The van der Waals surface area contributed by atoms with Gasteiger partial charge < -0.3 is 9.84 Å². The lowest BCUT2D eigenvalue weighted by Crippen LogP contribution is -2.26. The molecule has 1 aromatic carbocycles. The summed E-state index contributed by atoms with van der Waals surface area (Å²) in [5.41, 5.74) is 2.03. The van der Waals surface area contributed by atoms with E-state index in [-0.39, 0.29) is 0 Å². The third-order valence-corrected chi connectivity index (χ3v) is 3.25. The molecule has 2 aromatic rings. The molecule has 1 unspecified atom stereocenters. The molecule has 0 bridgehead atoms. The first kappa shape index (κ1) is 10.5. The summed E-state index contributed by atoms with van der Waals surface area (Å²) in [4.78, 5) is 0. The van der Waals surface area contributed by atoms with Crippen LogP contribution in [-0.4, -0.2) is 11.7 Å². The van der Waals surface area contributed by atoms with E-state index in [1.807, 2.05) is 18.2 Å². The Hall–Kier alpha value is -1.61. The van der Waals surface area contributed by atoms with Crippen molar-refractivity contribution in [3.05, 3.63) is 42.2 Å². The van der Waals surface area contributed by atoms with Gasteiger partial charge in [-0.1, -0.05) is 41.9 Å².